The third-order valence-electron chi connectivity index (χ3n) is 3.09. The van der Waals surface area contributed by atoms with Crippen LogP contribution in [0, 0.1) is 0 Å². The number of ether oxygens (including phenoxy) is 1. The van der Waals surface area contributed by atoms with Crippen LogP contribution in [0.4, 0.5) is 0 Å². The molecule has 0 unspecified atom stereocenters. The molecule has 1 fully saturated rings. The van der Waals surface area contributed by atoms with Crippen molar-refractivity contribution in [2.75, 3.05) is 13.2 Å². The number of amidine groups is 1. The molecule has 0 radical (unpaired) electrons. The number of oxime groups is 1. The number of nitrogens with two attached hydrogens (primary N) is 1. The van der Waals surface area contributed by atoms with E-state index >= 15 is 0 Å². The van der Waals surface area contributed by atoms with Gasteiger partial charge in [-0.3, -0.25) is 4.79 Å². The third kappa shape index (κ3) is 4.52. The molecule has 6 nitrogen and oxygen atoms in total. The van der Waals surface area contributed by atoms with Crippen LogP contribution in [0.3, 0.4) is 0 Å². The molecule has 0 aliphatic heterocycles. The predicted molar refractivity (Wildman–Crippen MR) is 68.5 cm³/mol. The number of hydrogen-bond acceptors (Lipinski definition) is 4. The number of rotatable bonds is 6. The number of carbonyl (C=O) groups is 1. The topological polar surface area (TPSA) is 88.2 Å². The lowest BCUT2D eigenvalue weighted by Gasteiger charge is -2.28. The smallest absolute Gasteiger partial charge is 0.249 e. The molecular formula is C12H23N3O3. The van der Waals surface area contributed by atoms with E-state index in [0.29, 0.717) is 0 Å². The van der Waals surface area contributed by atoms with Crippen molar-refractivity contribution in [3.8, 4) is 0 Å². The van der Waals surface area contributed by atoms with Gasteiger partial charge in [-0.2, -0.15) is 0 Å². The fourth-order valence-corrected chi connectivity index (χ4v) is 2.16. The van der Waals surface area contributed by atoms with Crippen LogP contribution in [0.1, 0.15) is 39.5 Å². The number of nitrogens with zero attached hydrogens (tertiary/aromatic N) is 2. The predicted octanol–water partition coefficient (Wildman–Crippen LogP) is 0.929. The molecule has 6 heteroatoms. The number of amides is 1. The molecule has 0 saturated heterocycles. The highest BCUT2D eigenvalue weighted by Gasteiger charge is 2.27. The quantitative estimate of drug-likeness (QED) is 0.321. The van der Waals surface area contributed by atoms with E-state index in [-0.39, 0.29) is 37.0 Å². The molecule has 0 aromatic rings. The molecule has 0 spiro atoms. The SMILES string of the molecule is CC(C)OCC(=O)N(CC(N)=NO)C1CCCC1. The summed E-state index contributed by atoms with van der Waals surface area (Å²) in [4.78, 5) is 13.8. The highest BCUT2D eigenvalue weighted by Crippen LogP contribution is 2.23. The molecule has 0 atom stereocenters. The van der Waals surface area contributed by atoms with E-state index in [1.807, 2.05) is 13.8 Å². The van der Waals surface area contributed by atoms with Crippen molar-refractivity contribution in [1.29, 1.82) is 0 Å². The zero-order valence-electron chi connectivity index (χ0n) is 11.1. The molecule has 0 heterocycles. The van der Waals surface area contributed by atoms with Crippen molar-refractivity contribution in [3.05, 3.63) is 0 Å². The lowest BCUT2D eigenvalue weighted by atomic mass is 10.2. The van der Waals surface area contributed by atoms with Gasteiger partial charge < -0.3 is 20.6 Å². The third-order valence-corrected chi connectivity index (χ3v) is 3.09. The Bertz CT molecular complexity index is 299. The summed E-state index contributed by atoms with van der Waals surface area (Å²) in [5, 5.41) is 11.6. The Kier molecular flexibility index (Phi) is 5.91. The van der Waals surface area contributed by atoms with Crippen LogP contribution in [0.5, 0.6) is 0 Å². The average molecular weight is 257 g/mol. The zero-order chi connectivity index (χ0) is 13.5. The molecule has 1 aliphatic carbocycles. The second-order valence-electron chi connectivity index (χ2n) is 4.91. The average Bonchev–Trinajstić information content (AvgIpc) is 2.86. The molecule has 104 valence electrons. The van der Waals surface area contributed by atoms with Gasteiger partial charge in [0.05, 0.1) is 12.6 Å². The van der Waals surface area contributed by atoms with E-state index in [2.05, 4.69) is 5.16 Å². The monoisotopic (exact) mass is 257 g/mol. The summed E-state index contributed by atoms with van der Waals surface area (Å²) in [5.74, 6) is -0.0398. The van der Waals surface area contributed by atoms with E-state index in [4.69, 9.17) is 15.7 Å². The molecule has 18 heavy (non-hydrogen) atoms. The van der Waals surface area contributed by atoms with Gasteiger partial charge in [0.1, 0.15) is 6.61 Å². The normalized spacial score (nSPS) is 17.4. The van der Waals surface area contributed by atoms with Gasteiger partial charge in [-0.15, -0.1) is 0 Å². The maximum atomic E-state index is 12.1. The summed E-state index contributed by atoms with van der Waals surface area (Å²) in [6, 6.07) is 0.188. The standard InChI is InChI=1S/C12H23N3O3/c1-9(2)18-8-12(16)15(7-11(13)14-17)10-5-3-4-6-10/h9-10,17H,3-8H2,1-2H3,(H2,13,14). The summed E-state index contributed by atoms with van der Waals surface area (Å²) >= 11 is 0. The molecule has 0 bridgehead atoms. The van der Waals surface area contributed by atoms with Gasteiger partial charge in [-0.05, 0) is 26.7 Å². The summed E-state index contributed by atoms with van der Waals surface area (Å²) in [5.41, 5.74) is 5.50. The fourth-order valence-electron chi connectivity index (χ4n) is 2.16. The van der Waals surface area contributed by atoms with Crippen LogP contribution < -0.4 is 5.73 Å². The van der Waals surface area contributed by atoms with Crippen LogP contribution in [-0.4, -0.2) is 47.1 Å². The first-order valence-corrected chi connectivity index (χ1v) is 6.42. The Morgan fingerprint density at radius 2 is 2.11 bits per heavy atom. The highest BCUT2D eigenvalue weighted by atomic mass is 16.5. The number of hydrogen-bond donors (Lipinski definition) is 2. The number of carbonyl (C=O) groups excluding carboxylic acids is 1. The molecule has 0 aromatic carbocycles. The lowest BCUT2D eigenvalue weighted by Crippen LogP contribution is -2.46. The van der Waals surface area contributed by atoms with Gasteiger partial charge >= 0.3 is 0 Å². The second-order valence-corrected chi connectivity index (χ2v) is 4.91. The molecular weight excluding hydrogens is 234 g/mol. The Morgan fingerprint density at radius 1 is 1.50 bits per heavy atom. The largest absolute Gasteiger partial charge is 0.409 e. The van der Waals surface area contributed by atoms with Crippen LogP contribution >= 0.6 is 0 Å². The van der Waals surface area contributed by atoms with Crippen molar-refractivity contribution in [2.45, 2.75) is 51.7 Å². The van der Waals surface area contributed by atoms with E-state index < -0.39 is 0 Å². The fraction of sp³-hybridized carbons (Fsp3) is 0.833. The Hall–Kier alpha value is -1.30. The minimum atomic E-state index is -0.0952. The maximum Gasteiger partial charge on any atom is 0.249 e. The lowest BCUT2D eigenvalue weighted by molar-refractivity contribution is -0.139. The van der Waals surface area contributed by atoms with Crippen molar-refractivity contribution >= 4 is 11.7 Å². The first-order valence-electron chi connectivity index (χ1n) is 6.42. The highest BCUT2D eigenvalue weighted by molar-refractivity contribution is 5.87. The summed E-state index contributed by atoms with van der Waals surface area (Å²) < 4.78 is 5.32. The zero-order valence-corrected chi connectivity index (χ0v) is 11.1. The van der Waals surface area contributed by atoms with Crippen molar-refractivity contribution in [3.63, 3.8) is 0 Å². The van der Waals surface area contributed by atoms with Gasteiger partial charge in [0, 0.05) is 6.04 Å². The van der Waals surface area contributed by atoms with Crippen LogP contribution in [0.25, 0.3) is 0 Å². The van der Waals surface area contributed by atoms with Gasteiger partial charge in [0.2, 0.25) is 5.91 Å². The second kappa shape index (κ2) is 7.20. The van der Waals surface area contributed by atoms with Crippen LogP contribution in [0.2, 0.25) is 0 Å². The first kappa shape index (κ1) is 14.8. The maximum absolute atomic E-state index is 12.1. The van der Waals surface area contributed by atoms with E-state index in [0.717, 1.165) is 25.7 Å². The summed E-state index contributed by atoms with van der Waals surface area (Å²) in [6.07, 6.45) is 4.21. The molecule has 1 amide bonds. The Balaban J connectivity index is 2.60. The van der Waals surface area contributed by atoms with E-state index in [1.54, 1.807) is 4.90 Å². The molecule has 1 rings (SSSR count). The van der Waals surface area contributed by atoms with Gasteiger partial charge in [-0.25, -0.2) is 0 Å². The van der Waals surface area contributed by atoms with Crippen LogP contribution in [-0.2, 0) is 9.53 Å². The van der Waals surface area contributed by atoms with Gasteiger partial charge in [-0.1, -0.05) is 18.0 Å². The van der Waals surface area contributed by atoms with E-state index in [9.17, 15) is 4.79 Å². The summed E-state index contributed by atoms with van der Waals surface area (Å²) in [6.45, 7) is 3.99. The Morgan fingerprint density at radius 3 is 2.61 bits per heavy atom. The molecule has 0 aromatic heterocycles. The minimum absolute atomic E-state index is 0.0169. The Labute approximate surface area is 108 Å². The van der Waals surface area contributed by atoms with Gasteiger partial charge in [0.15, 0.2) is 5.84 Å². The molecule has 1 saturated carbocycles. The van der Waals surface area contributed by atoms with Crippen molar-refractivity contribution in [1.82, 2.24) is 4.90 Å². The molecule has 1 aliphatic rings. The van der Waals surface area contributed by atoms with Crippen molar-refractivity contribution in [2.24, 2.45) is 10.9 Å². The first-order chi connectivity index (χ1) is 8.54. The molecule has 3 N–H and O–H groups in total. The minimum Gasteiger partial charge on any atom is -0.409 e. The van der Waals surface area contributed by atoms with Gasteiger partial charge in [0.25, 0.3) is 0 Å². The van der Waals surface area contributed by atoms with E-state index in [1.165, 1.54) is 0 Å². The summed E-state index contributed by atoms with van der Waals surface area (Å²) in [7, 11) is 0. The van der Waals surface area contributed by atoms with Crippen molar-refractivity contribution < 1.29 is 14.7 Å². The van der Waals surface area contributed by atoms with Crippen LogP contribution in [0.15, 0.2) is 5.16 Å².